The molecule has 0 heterocycles. The second-order valence-corrected chi connectivity index (χ2v) is 1.15. The molecule has 0 aromatic carbocycles. The van der Waals surface area contributed by atoms with E-state index in [0.29, 0.717) is 0 Å². The van der Waals surface area contributed by atoms with Crippen molar-refractivity contribution >= 4 is 0 Å². The first-order valence-corrected chi connectivity index (χ1v) is 2.31. The van der Waals surface area contributed by atoms with Crippen LogP contribution >= 0.6 is 0 Å². The van der Waals surface area contributed by atoms with Crippen molar-refractivity contribution in [3.05, 3.63) is 12.8 Å². The molecule has 0 aromatic rings. The van der Waals surface area contributed by atoms with Gasteiger partial charge in [0.25, 0.3) is 0 Å². The molecule has 0 saturated carbocycles. The van der Waals surface area contributed by atoms with Crippen LogP contribution < -0.4 is 0 Å². The molecule has 0 atom stereocenters. The molecule has 0 aliphatic carbocycles. The third kappa shape index (κ3) is 649. The van der Waals surface area contributed by atoms with Crippen molar-refractivity contribution in [3.63, 3.8) is 0 Å². The van der Waals surface area contributed by atoms with Crippen molar-refractivity contribution in [1.29, 1.82) is 0 Å². The summed E-state index contributed by atoms with van der Waals surface area (Å²) in [6.07, 6.45) is 4.00. The molecule has 60 valence electrons. The Balaban J connectivity index is -0.00000000889. The first-order valence-electron chi connectivity index (χ1n) is 2.31. The van der Waals surface area contributed by atoms with E-state index in [9.17, 15) is 0 Å². The van der Waals surface area contributed by atoms with Crippen LogP contribution in [0.15, 0.2) is 0 Å². The maximum Gasteiger partial charge on any atom is 0 e. The average molecular weight is 301 g/mol. The van der Waals surface area contributed by atoms with Gasteiger partial charge in [0, 0.05) is 25.8 Å². The van der Waals surface area contributed by atoms with E-state index in [2.05, 4.69) is 0 Å². The van der Waals surface area contributed by atoms with Crippen LogP contribution in [-0.4, -0.2) is 11.0 Å². The van der Waals surface area contributed by atoms with Crippen LogP contribution in [0, 0.1) is 12.8 Å². The quantitative estimate of drug-likeness (QED) is 0.469. The Labute approximate surface area is 77.4 Å². The smallest absolute Gasteiger partial charge is 0 e. The summed E-state index contributed by atoms with van der Waals surface area (Å²) < 4.78 is 0. The molecule has 0 unspecified atom stereocenters. The summed E-state index contributed by atoms with van der Waals surface area (Å²) in [5, 5.41) is 0. The van der Waals surface area contributed by atoms with Crippen molar-refractivity contribution in [3.8, 4) is 0 Å². The van der Waals surface area contributed by atoms with Gasteiger partial charge in [-0.15, -0.1) is 0 Å². The first kappa shape index (κ1) is 33.0. The van der Waals surface area contributed by atoms with Crippen LogP contribution in [-0.2, 0) is 25.8 Å². The maximum absolute atomic E-state index is 2.00. The van der Waals surface area contributed by atoms with E-state index in [0.717, 1.165) is 0 Å². The van der Waals surface area contributed by atoms with E-state index in [1.54, 1.807) is 0 Å². The van der Waals surface area contributed by atoms with Gasteiger partial charge in [0.1, 0.15) is 0 Å². The molecule has 0 spiro atoms. The van der Waals surface area contributed by atoms with E-state index in [1.165, 1.54) is 0 Å². The summed E-state index contributed by atoms with van der Waals surface area (Å²) in [5.74, 6) is 0. The van der Waals surface area contributed by atoms with Crippen LogP contribution in [0.3, 0.4) is 0 Å². The van der Waals surface area contributed by atoms with Crippen LogP contribution in [0.1, 0.15) is 27.7 Å². The zero-order valence-corrected chi connectivity index (χ0v) is 10.2. The summed E-state index contributed by atoms with van der Waals surface area (Å²) in [5.41, 5.74) is 0. The molecule has 2 nitrogen and oxygen atoms in total. The second kappa shape index (κ2) is 68.5. The van der Waals surface area contributed by atoms with Gasteiger partial charge in [0.05, 0.1) is 0 Å². The van der Waals surface area contributed by atoms with Crippen molar-refractivity contribution in [2.24, 2.45) is 0 Å². The predicted molar refractivity (Wildman–Crippen MR) is 38.5 cm³/mol. The SMILES string of the molecule is C[CH-]C.C[CH-]C.O.O.[Hf]. The average Bonchev–Trinajstić information content (AvgIpc) is 1.39. The fraction of sp³-hybridized carbons (Fsp3) is 0.667. The van der Waals surface area contributed by atoms with Gasteiger partial charge in [-0.1, -0.05) is 0 Å². The molecule has 3 heteroatoms. The Morgan fingerprint density at radius 1 is 0.667 bits per heavy atom. The van der Waals surface area contributed by atoms with Gasteiger partial charge in [-0.2, -0.15) is 27.7 Å². The fourth-order valence-electron chi connectivity index (χ4n) is 0. The summed E-state index contributed by atoms with van der Waals surface area (Å²) in [6, 6.07) is 0. The Hall–Kier alpha value is 0.790. The molecule has 4 N–H and O–H groups in total. The first-order chi connectivity index (χ1) is 2.83. The Morgan fingerprint density at radius 2 is 0.667 bits per heavy atom. The molecular formula is C6H18HfO2-2. The van der Waals surface area contributed by atoms with Crippen molar-refractivity contribution in [2.45, 2.75) is 27.7 Å². The number of rotatable bonds is 0. The molecule has 0 radical (unpaired) electrons. The fourth-order valence-corrected chi connectivity index (χ4v) is 0. The molecule has 9 heavy (non-hydrogen) atoms. The molecule has 0 saturated heterocycles. The van der Waals surface area contributed by atoms with E-state index in [1.807, 2.05) is 40.5 Å². The standard InChI is InChI=1S/2C3H7.Hf.2H2O/c2*1-3-2;;;/h2*3H,1-2H3;;2*1H2/q2*-1;;;. The molecular weight excluding hydrogens is 283 g/mol. The van der Waals surface area contributed by atoms with Gasteiger partial charge in [-0.05, 0) is 0 Å². The molecule has 0 fully saturated rings. The zero-order chi connectivity index (χ0) is 5.41. The Morgan fingerprint density at radius 3 is 0.667 bits per heavy atom. The van der Waals surface area contributed by atoms with Gasteiger partial charge >= 0.3 is 0 Å². The van der Waals surface area contributed by atoms with Gasteiger partial charge in [0.2, 0.25) is 0 Å². The van der Waals surface area contributed by atoms with Crippen LogP contribution in [0.2, 0.25) is 0 Å². The Bertz CT molecular complexity index is 13.0. The minimum atomic E-state index is 0. The van der Waals surface area contributed by atoms with E-state index < -0.39 is 0 Å². The summed E-state index contributed by atoms with van der Waals surface area (Å²) >= 11 is 0. The van der Waals surface area contributed by atoms with Crippen molar-refractivity contribution < 1.29 is 36.8 Å². The summed E-state index contributed by atoms with van der Waals surface area (Å²) in [7, 11) is 0. The van der Waals surface area contributed by atoms with Crippen molar-refractivity contribution in [2.75, 3.05) is 0 Å². The third-order valence-electron chi connectivity index (χ3n) is 0. The normalized spacial score (nSPS) is 4.00. The topological polar surface area (TPSA) is 63.0 Å². The summed E-state index contributed by atoms with van der Waals surface area (Å²) in [6.45, 7) is 8.00. The zero-order valence-electron chi connectivity index (χ0n) is 6.65. The van der Waals surface area contributed by atoms with Gasteiger partial charge in [-0.25, -0.2) is 0 Å². The van der Waals surface area contributed by atoms with E-state index >= 15 is 0 Å². The Kier molecular flexibility index (Phi) is 251. The number of hydrogen-bond donors (Lipinski definition) is 0. The third-order valence-corrected chi connectivity index (χ3v) is 0. The number of hydrogen-bond acceptors (Lipinski definition) is 0. The molecule has 0 rings (SSSR count). The molecule has 0 aromatic heterocycles. The predicted octanol–water partition coefficient (Wildman–Crippen LogP) is 0.809. The summed E-state index contributed by atoms with van der Waals surface area (Å²) in [4.78, 5) is 0. The van der Waals surface area contributed by atoms with Gasteiger partial charge < -0.3 is 23.8 Å². The van der Waals surface area contributed by atoms with E-state index in [4.69, 9.17) is 0 Å². The van der Waals surface area contributed by atoms with Crippen LogP contribution in [0.25, 0.3) is 0 Å². The second-order valence-electron chi connectivity index (χ2n) is 1.15. The van der Waals surface area contributed by atoms with Crippen LogP contribution in [0.4, 0.5) is 0 Å². The van der Waals surface area contributed by atoms with Gasteiger partial charge in [-0.3, -0.25) is 0 Å². The molecule has 0 aliphatic heterocycles. The van der Waals surface area contributed by atoms with Crippen molar-refractivity contribution in [1.82, 2.24) is 0 Å². The van der Waals surface area contributed by atoms with Gasteiger partial charge in [0.15, 0.2) is 0 Å². The minimum Gasteiger partial charge on any atom is -0.412 e. The van der Waals surface area contributed by atoms with E-state index in [-0.39, 0.29) is 36.8 Å². The molecule has 0 bridgehead atoms. The van der Waals surface area contributed by atoms with Crippen LogP contribution in [0.5, 0.6) is 0 Å². The largest absolute Gasteiger partial charge is 0.412 e. The molecule has 0 aliphatic rings. The monoisotopic (exact) mass is 302 g/mol. The maximum atomic E-state index is 2.00. The minimum absolute atomic E-state index is 0. The molecule has 0 amide bonds.